The maximum Gasteiger partial charge on any atom is 0.251 e. The molecule has 3 fully saturated rings. The normalized spacial score (nSPS) is 23.0. The number of nitrogens with zero attached hydrogens (tertiary/aromatic N) is 7. The van der Waals surface area contributed by atoms with E-state index in [1.807, 2.05) is 18.0 Å². The van der Waals surface area contributed by atoms with Crippen LogP contribution >= 0.6 is 0 Å². The van der Waals surface area contributed by atoms with Gasteiger partial charge in [0.1, 0.15) is 6.10 Å². The molecule has 3 aliphatic rings. The number of hydrogen-bond acceptors (Lipinski definition) is 7. The van der Waals surface area contributed by atoms with Crippen LogP contribution in [0.1, 0.15) is 19.3 Å². The number of ether oxygens (including phenoxy) is 1. The predicted molar refractivity (Wildman–Crippen MR) is 124 cm³/mol. The first kappa shape index (κ1) is 22.7. The van der Waals surface area contributed by atoms with E-state index < -0.39 is 0 Å². The van der Waals surface area contributed by atoms with Crippen molar-refractivity contribution in [1.82, 2.24) is 30.0 Å². The van der Waals surface area contributed by atoms with Crippen LogP contribution in [0.3, 0.4) is 0 Å². The number of carbonyl (C=O) groups is 1. The molecule has 3 saturated heterocycles. The zero-order valence-corrected chi connectivity index (χ0v) is 19.2. The predicted octanol–water partition coefficient (Wildman–Crippen LogP) is -0.113. The van der Waals surface area contributed by atoms with Gasteiger partial charge in [-0.05, 0) is 31.9 Å². The number of aliphatic imine (C=N–C) groups is 1. The third kappa shape index (κ3) is 5.86. The standard InChI is InChI=1S/C22H36N8O2/c1-23-21(29-16-14-28(15-17-29)20(31)19-5-2-18-32-19)24-8-4-9-27-10-12-30(13-11-27)22-25-6-3-7-26-22/h3,6-7,19H,2,4-5,8-18H2,1H3,(H,23,24). The first-order chi connectivity index (χ1) is 15.7. The van der Waals surface area contributed by atoms with E-state index in [4.69, 9.17) is 4.74 Å². The van der Waals surface area contributed by atoms with Crippen molar-refractivity contribution in [3.63, 3.8) is 0 Å². The average Bonchev–Trinajstić information content (AvgIpc) is 3.40. The van der Waals surface area contributed by atoms with Gasteiger partial charge in [0, 0.05) is 85.0 Å². The zero-order valence-electron chi connectivity index (χ0n) is 19.2. The maximum atomic E-state index is 12.5. The number of anilines is 1. The molecule has 1 aromatic heterocycles. The van der Waals surface area contributed by atoms with Gasteiger partial charge in [0.15, 0.2) is 5.96 Å². The first-order valence-electron chi connectivity index (χ1n) is 11.8. The number of guanidine groups is 1. The molecule has 1 unspecified atom stereocenters. The molecular formula is C22H36N8O2. The van der Waals surface area contributed by atoms with Crippen molar-refractivity contribution in [1.29, 1.82) is 0 Å². The van der Waals surface area contributed by atoms with Crippen LogP contribution in [-0.4, -0.2) is 122 Å². The number of hydrogen-bond donors (Lipinski definition) is 1. The fourth-order valence-electron chi connectivity index (χ4n) is 4.58. The summed E-state index contributed by atoms with van der Waals surface area (Å²) in [7, 11) is 1.83. The van der Waals surface area contributed by atoms with Gasteiger partial charge in [0.25, 0.3) is 5.91 Å². The topological polar surface area (TPSA) is 89.4 Å². The van der Waals surface area contributed by atoms with E-state index in [9.17, 15) is 4.79 Å². The summed E-state index contributed by atoms with van der Waals surface area (Å²) in [5.74, 6) is 1.92. The summed E-state index contributed by atoms with van der Waals surface area (Å²) in [5.41, 5.74) is 0. The molecule has 0 radical (unpaired) electrons. The van der Waals surface area contributed by atoms with Crippen LogP contribution in [0, 0.1) is 0 Å². The molecule has 1 amide bonds. The Labute approximate surface area is 190 Å². The van der Waals surface area contributed by atoms with E-state index in [-0.39, 0.29) is 12.0 Å². The van der Waals surface area contributed by atoms with Gasteiger partial charge >= 0.3 is 0 Å². The molecule has 0 saturated carbocycles. The summed E-state index contributed by atoms with van der Waals surface area (Å²) in [5, 5.41) is 3.50. The van der Waals surface area contributed by atoms with Crippen molar-refractivity contribution in [3.8, 4) is 0 Å². The van der Waals surface area contributed by atoms with Crippen LogP contribution in [0.4, 0.5) is 5.95 Å². The number of nitrogens with one attached hydrogen (secondary N) is 1. The van der Waals surface area contributed by atoms with Gasteiger partial charge in [0.2, 0.25) is 5.95 Å². The number of carbonyl (C=O) groups excluding carboxylic acids is 1. The molecule has 1 aromatic rings. The Kier molecular flexibility index (Phi) is 8.11. The Morgan fingerprint density at radius 3 is 2.47 bits per heavy atom. The highest BCUT2D eigenvalue weighted by Crippen LogP contribution is 2.16. The van der Waals surface area contributed by atoms with Crippen LogP contribution < -0.4 is 10.2 Å². The Balaban J connectivity index is 1.11. The van der Waals surface area contributed by atoms with Crippen LogP contribution in [-0.2, 0) is 9.53 Å². The van der Waals surface area contributed by atoms with Gasteiger partial charge in [-0.1, -0.05) is 0 Å². The highest BCUT2D eigenvalue weighted by Gasteiger charge is 2.30. The molecule has 10 heteroatoms. The third-order valence-corrected chi connectivity index (χ3v) is 6.45. The molecule has 176 valence electrons. The molecular weight excluding hydrogens is 408 g/mol. The van der Waals surface area contributed by atoms with Crippen LogP contribution in [0.5, 0.6) is 0 Å². The van der Waals surface area contributed by atoms with Crippen molar-refractivity contribution in [2.24, 2.45) is 4.99 Å². The Morgan fingerprint density at radius 1 is 1.09 bits per heavy atom. The van der Waals surface area contributed by atoms with Crippen molar-refractivity contribution >= 4 is 17.8 Å². The lowest BCUT2D eigenvalue weighted by Crippen LogP contribution is -2.55. The Bertz CT molecular complexity index is 740. The molecule has 0 spiro atoms. The van der Waals surface area contributed by atoms with E-state index in [2.05, 4.69) is 35.0 Å². The lowest BCUT2D eigenvalue weighted by atomic mass is 10.2. The highest BCUT2D eigenvalue weighted by molar-refractivity contribution is 5.82. The van der Waals surface area contributed by atoms with Crippen molar-refractivity contribution in [2.75, 3.05) is 84.0 Å². The molecule has 0 bridgehead atoms. The second kappa shape index (κ2) is 11.4. The lowest BCUT2D eigenvalue weighted by Gasteiger charge is -2.37. The fourth-order valence-corrected chi connectivity index (χ4v) is 4.58. The van der Waals surface area contributed by atoms with Crippen LogP contribution in [0.2, 0.25) is 0 Å². The minimum absolute atomic E-state index is 0.157. The summed E-state index contributed by atoms with van der Waals surface area (Å²) in [6, 6.07) is 1.85. The molecule has 1 atom stereocenters. The van der Waals surface area contributed by atoms with E-state index in [1.54, 1.807) is 12.4 Å². The van der Waals surface area contributed by atoms with E-state index in [0.717, 1.165) is 96.6 Å². The summed E-state index contributed by atoms with van der Waals surface area (Å²) >= 11 is 0. The minimum atomic E-state index is -0.221. The Morgan fingerprint density at radius 2 is 1.81 bits per heavy atom. The van der Waals surface area contributed by atoms with Crippen molar-refractivity contribution in [2.45, 2.75) is 25.4 Å². The molecule has 1 N–H and O–H groups in total. The monoisotopic (exact) mass is 444 g/mol. The third-order valence-electron chi connectivity index (χ3n) is 6.45. The molecule has 3 aliphatic heterocycles. The quantitative estimate of drug-likeness (QED) is 0.369. The van der Waals surface area contributed by atoms with Gasteiger partial charge in [-0.25, -0.2) is 9.97 Å². The molecule has 4 heterocycles. The van der Waals surface area contributed by atoms with Crippen molar-refractivity contribution < 1.29 is 9.53 Å². The van der Waals surface area contributed by atoms with Gasteiger partial charge < -0.3 is 24.8 Å². The smallest absolute Gasteiger partial charge is 0.251 e. The first-order valence-corrected chi connectivity index (χ1v) is 11.8. The average molecular weight is 445 g/mol. The van der Waals surface area contributed by atoms with Crippen LogP contribution in [0.15, 0.2) is 23.5 Å². The second-order valence-corrected chi connectivity index (χ2v) is 8.52. The van der Waals surface area contributed by atoms with E-state index >= 15 is 0 Å². The minimum Gasteiger partial charge on any atom is -0.368 e. The summed E-state index contributed by atoms with van der Waals surface area (Å²) < 4.78 is 5.55. The van der Waals surface area contributed by atoms with Gasteiger partial charge in [0.05, 0.1) is 0 Å². The second-order valence-electron chi connectivity index (χ2n) is 8.52. The summed E-state index contributed by atoms with van der Waals surface area (Å²) in [6.07, 6.45) is 6.30. The van der Waals surface area contributed by atoms with Gasteiger partial charge in [-0.15, -0.1) is 0 Å². The molecule has 0 aliphatic carbocycles. The molecule has 4 rings (SSSR count). The zero-order chi connectivity index (χ0) is 22.2. The fraction of sp³-hybridized carbons (Fsp3) is 0.727. The van der Waals surface area contributed by atoms with Crippen molar-refractivity contribution in [3.05, 3.63) is 18.5 Å². The van der Waals surface area contributed by atoms with Crippen LogP contribution in [0.25, 0.3) is 0 Å². The Hall–Kier alpha value is -2.46. The molecule has 0 aromatic carbocycles. The van der Waals surface area contributed by atoms with Gasteiger partial charge in [-0.2, -0.15) is 0 Å². The molecule has 32 heavy (non-hydrogen) atoms. The van der Waals surface area contributed by atoms with E-state index in [0.29, 0.717) is 6.61 Å². The lowest BCUT2D eigenvalue weighted by molar-refractivity contribution is -0.142. The van der Waals surface area contributed by atoms with E-state index in [1.165, 1.54) is 0 Å². The number of amides is 1. The van der Waals surface area contributed by atoms with Gasteiger partial charge in [-0.3, -0.25) is 14.7 Å². The SMILES string of the molecule is CN=C(NCCCN1CCN(c2ncccn2)CC1)N1CCN(C(=O)C2CCCO2)CC1. The highest BCUT2D eigenvalue weighted by atomic mass is 16.5. The maximum absolute atomic E-state index is 12.5. The largest absolute Gasteiger partial charge is 0.368 e. The number of rotatable bonds is 6. The number of aromatic nitrogens is 2. The number of piperazine rings is 2. The summed E-state index contributed by atoms with van der Waals surface area (Å²) in [6.45, 7) is 9.75. The summed E-state index contributed by atoms with van der Waals surface area (Å²) in [4.78, 5) is 34.6. The molecule has 10 nitrogen and oxygen atoms in total.